The highest BCUT2D eigenvalue weighted by Gasteiger charge is 2.44. The third-order valence-electron chi connectivity index (χ3n) is 4.39. The van der Waals surface area contributed by atoms with E-state index in [1.165, 1.54) is 38.4 Å². The summed E-state index contributed by atoms with van der Waals surface area (Å²) in [6.07, 6.45) is 0. The maximum atomic E-state index is 12.6. The Labute approximate surface area is 161 Å². The molecule has 1 aliphatic rings. The van der Waals surface area contributed by atoms with Gasteiger partial charge in [-0.1, -0.05) is 30.3 Å². The molecule has 2 aromatic rings. The van der Waals surface area contributed by atoms with Gasteiger partial charge >= 0.3 is 0 Å². The Kier molecular flexibility index (Phi) is 5.10. The van der Waals surface area contributed by atoms with E-state index in [1.807, 2.05) is 0 Å². The lowest BCUT2D eigenvalue weighted by molar-refractivity contribution is -0.118. The molecule has 140 valence electrons. The summed E-state index contributed by atoms with van der Waals surface area (Å²) in [6, 6.07) is 8.88. The van der Waals surface area contributed by atoms with E-state index in [-0.39, 0.29) is 16.4 Å². The van der Waals surface area contributed by atoms with Crippen LogP contribution in [0.2, 0.25) is 5.02 Å². The molecule has 7 heteroatoms. The summed E-state index contributed by atoms with van der Waals surface area (Å²) >= 11 is 6.30. The predicted molar refractivity (Wildman–Crippen MR) is 103 cm³/mol. The normalized spacial score (nSPS) is 16.0. The zero-order valence-electron chi connectivity index (χ0n) is 15.1. The smallest absolute Gasteiger partial charge is 0.256 e. The quantitative estimate of drug-likeness (QED) is 0.581. The number of hydrogen-bond donors (Lipinski definition) is 0. The number of rotatable bonds is 5. The molecule has 0 bridgehead atoms. The Morgan fingerprint density at radius 2 is 1.63 bits per heavy atom. The van der Waals surface area contributed by atoms with Crippen LogP contribution in [-0.2, 0) is 4.79 Å². The lowest BCUT2D eigenvalue weighted by Crippen LogP contribution is -2.49. The van der Waals surface area contributed by atoms with E-state index in [9.17, 15) is 9.59 Å². The number of amides is 1. The van der Waals surface area contributed by atoms with Crippen LogP contribution in [0.25, 0.3) is 0 Å². The zero-order chi connectivity index (χ0) is 19.7. The summed E-state index contributed by atoms with van der Waals surface area (Å²) in [5.74, 6) is 1.01. The Hall–Kier alpha value is -2.99. The molecule has 27 heavy (non-hydrogen) atoms. The van der Waals surface area contributed by atoms with Gasteiger partial charge in [0.15, 0.2) is 16.9 Å². The SMILES string of the molecule is C=C1C(=O)N(c2cc(OC)c(OC)c(OC)c2)C1c1cccc(=O)cc1Cl. The van der Waals surface area contributed by atoms with E-state index < -0.39 is 6.04 Å². The number of β-lactam (4-membered cyclic amide) rings is 1. The van der Waals surface area contributed by atoms with Gasteiger partial charge in [0, 0.05) is 23.8 Å². The molecule has 0 radical (unpaired) electrons. The molecule has 1 aliphatic heterocycles. The molecule has 1 saturated heterocycles. The molecular weight excluding hydrogens is 370 g/mol. The fourth-order valence-corrected chi connectivity index (χ4v) is 3.36. The van der Waals surface area contributed by atoms with Gasteiger partial charge in [-0.15, -0.1) is 0 Å². The second kappa shape index (κ2) is 7.32. The standard InChI is InChI=1S/C20H18ClNO5/c1-11-18(14-7-5-6-13(23)10-15(14)21)22(20(11)24)12-8-16(25-2)19(27-4)17(9-12)26-3/h5-10,18H,1H2,2-4H3. The van der Waals surface area contributed by atoms with E-state index in [1.54, 1.807) is 24.3 Å². The van der Waals surface area contributed by atoms with Gasteiger partial charge in [-0.2, -0.15) is 0 Å². The minimum absolute atomic E-state index is 0.221. The fraction of sp³-hybridized carbons (Fsp3) is 0.200. The number of hydrogen-bond acceptors (Lipinski definition) is 5. The Morgan fingerprint density at radius 1 is 1.00 bits per heavy atom. The Bertz CT molecular complexity index is 963. The monoisotopic (exact) mass is 387 g/mol. The van der Waals surface area contributed by atoms with Gasteiger partial charge in [0.05, 0.1) is 38.1 Å². The molecule has 1 heterocycles. The van der Waals surface area contributed by atoms with Crippen molar-refractivity contribution in [1.82, 2.24) is 0 Å². The van der Waals surface area contributed by atoms with E-state index in [0.29, 0.717) is 34.1 Å². The molecule has 6 nitrogen and oxygen atoms in total. The van der Waals surface area contributed by atoms with Crippen molar-refractivity contribution in [2.24, 2.45) is 0 Å². The number of carbonyl (C=O) groups excluding carboxylic acids is 1. The first-order valence-corrected chi connectivity index (χ1v) is 8.42. The first kappa shape index (κ1) is 18.8. The van der Waals surface area contributed by atoms with Crippen molar-refractivity contribution in [1.29, 1.82) is 0 Å². The maximum Gasteiger partial charge on any atom is 0.256 e. The first-order chi connectivity index (χ1) is 12.9. The number of carbonyl (C=O) groups is 1. The third kappa shape index (κ3) is 3.13. The van der Waals surface area contributed by atoms with Crippen LogP contribution in [0.5, 0.6) is 17.2 Å². The number of ether oxygens (including phenoxy) is 3. The molecule has 0 aliphatic carbocycles. The molecule has 0 N–H and O–H groups in total. The van der Waals surface area contributed by atoms with Crippen molar-refractivity contribution in [3.63, 3.8) is 0 Å². The zero-order valence-corrected chi connectivity index (χ0v) is 15.9. The van der Waals surface area contributed by atoms with Crippen molar-refractivity contribution >= 4 is 23.2 Å². The highest BCUT2D eigenvalue weighted by molar-refractivity contribution is 6.32. The summed E-state index contributed by atoms with van der Waals surface area (Å²) in [6.45, 7) is 3.86. The lowest BCUT2D eigenvalue weighted by atomic mass is 9.89. The number of halogens is 1. The maximum absolute atomic E-state index is 12.6. The van der Waals surface area contributed by atoms with Crippen molar-refractivity contribution in [3.05, 3.63) is 69.4 Å². The van der Waals surface area contributed by atoms with E-state index in [0.717, 1.165) is 0 Å². The van der Waals surface area contributed by atoms with Crippen LogP contribution in [0.3, 0.4) is 0 Å². The molecule has 3 rings (SSSR count). The largest absolute Gasteiger partial charge is 0.493 e. The van der Waals surface area contributed by atoms with Crippen LogP contribution in [-0.4, -0.2) is 27.2 Å². The summed E-state index contributed by atoms with van der Waals surface area (Å²) in [4.78, 5) is 25.8. The highest BCUT2D eigenvalue weighted by Crippen LogP contribution is 2.48. The van der Waals surface area contributed by atoms with Crippen LogP contribution in [0, 0.1) is 0 Å². The summed E-state index contributed by atoms with van der Waals surface area (Å²) < 4.78 is 16.0. The molecule has 1 amide bonds. The van der Waals surface area contributed by atoms with Gasteiger partial charge in [0.1, 0.15) is 0 Å². The second-order valence-electron chi connectivity index (χ2n) is 5.86. The van der Waals surface area contributed by atoms with Crippen LogP contribution in [0.4, 0.5) is 5.69 Å². The fourth-order valence-electron chi connectivity index (χ4n) is 3.08. The van der Waals surface area contributed by atoms with Gasteiger partial charge in [-0.05, 0) is 11.6 Å². The van der Waals surface area contributed by atoms with Gasteiger partial charge in [-0.3, -0.25) is 14.5 Å². The van der Waals surface area contributed by atoms with Gasteiger partial charge in [0.25, 0.3) is 5.91 Å². The molecule has 1 atom stereocenters. The first-order valence-electron chi connectivity index (χ1n) is 8.05. The number of benzene rings is 1. The van der Waals surface area contributed by atoms with Gasteiger partial charge in [-0.25, -0.2) is 0 Å². The third-order valence-corrected chi connectivity index (χ3v) is 4.71. The average molecular weight is 388 g/mol. The van der Waals surface area contributed by atoms with Crippen molar-refractivity contribution < 1.29 is 19.0 Å². The second-order valence-corrected chi connectivity index (χ2v) is 6.27. The summed E-state index contributed by atoms with van der Waals surface area (Å²) in [5, 5.41) is 0.265. The van der Waals surface area contributed by atoms with Crippen LogP contribution >= 0.6 is 11.6 Å². The van der Waals surface area contributed by atoms with Crippen molar-refractivity contribution in [2.75, 3.05) is 26.2 Å². The van der Waals surface area contributed by atoms with Gasteiger partial charge in [0.2, 0.25) is 5.75 Å². The molecule has 2 aromatic carbocycles. The molecular formula is C20H18ClNO5. The molecule has 1 unspecified atom stereocenters. The number of nitrogens with zero attached hydrogens (tertiary/aromatic N) is 1. The molecule has 0 saturated carbocycles. The average Bonchev–Trinajstić information content (AvgIpc) is 2.83. The lowest BCUT2D eigenvalue weighted by Gasteiger charge is -2.42. The molecule has 1 fully saturated rings. The minimum atomic E-state index is -0.500. The summed E-state index contributed by atoms with van der Waals surface area (Å²) in [5.41, 5.74) is 1.31. The topological polar surface area (TPSA) is 65.1 Å². The van der Waals surface area contributed by atoms with Crippen LogP contribution in [0.15, 0.2) is 53.3 Å². The van der Waals surface area contributed by atoms with Crippen LogP contribution < -0.4 is 24.5 Å². The molecule has 0 spiro atoms. The van der Waals surface area contributed by atoms with Crippen molar-refractivity contribution in [2.45, 2.75) is 6.04 Å². The summed E-state index contributed by atoms with van der Waals surface area (Å²) in [7, 11) is 4.50. The minimum Gasteiger partial charge on any atom is -0.493 e. The van der Waals surface area contributed by atoms with E-state index in [2.05, 4.69) is 6.58 Å². The Morgan fingerprint density at radius 3 is 2.19 bits per heavy atom. The van der Waals surface area contributed by atoms with E-state index in [4.69, 9.17) is 25.8 Å². The number of anilines is 1. The highest BCUT2D eigenvalue weighted by atomic mass is 35.5. The molecule has 0 aromatic heterocycles. The van der Waals surface area contributed by atoms with Crippen LogP contribution in [0.1, 0.15) is 11.6 Å². The van der Waals surface area contributed by atoms with Gasteiger partial charge < -0.3 is 14.2 Å². The Balaban J connectivity index is 2.14. The van der Waals surface area contributed by atoms with Crippen molar-refractivity contribution in [3.8, 4) is 17.2 Å². The van der Waals surface area contributed by atoms with E-state index >= 15 is 0 Å². The number of methoxy groups -OCH3 is 3. The predicted octanol–water partition coefficient (Wildman–Crippen LogP) is 3.37.